The van der Waals surface area contributed by atoms with Crippen molar-refractivity contribution in [3.63, 3.8) is 0 Å². The van der Waals surface area contributed by atoms with Gasteiger partial charge in [0.05, 0.1) is 24.3 Å². The van der Waals surface area contributed by atoms with Crippen molar-refractivity contribution in [1.82, 2.24) is 24.7 Å². The number of aromatic hydroxyl groups is 1. The van der Waals surface area contributed by atoms with Crippen molar-refractivity contribution < 1.29 is 44.0 Å². The van der Waals surface area contributed by atoms with E-state index < -0.39 is 89.8 Å². The molecule has 1 aliphatic heterocycles. The maximum Gasteiger partial charge on any atom is 0.331 e. The van der Waals surface area contributed by atoms with Crippen LogP contribution in [0.25, 0.3) is 0 Å². The number of aliphatic hydroxyl groups is 1. The second-order valence-electron chi connectivity index (χ2n) is 13.1. The number of ether oxygens (including phenoxy) is 1. The molecule has 294 valence electrons. The number of imide groups is 1. The average molecular weight is 765 g/mol. The standard InChI is InChI=1S/C36H44N8O11/c1-19(37)27(46)17-26(42(2)31(49)24(38)14-21-9-6-10-22(45)13-21)30(39)32(50)44(35(53)40-25(34(51)52)15-20-7-4-3-5-8-20)18-23-16-28(47)33(55-23)43-12-11-29(48)41-36(43)54/h3-13,18-19,24-26,28,30,33,45,47H,14-17,37-39H2,1-2H3,(H,40,53)(H,51,52)(H,41,48,54). The first kappa shape index (κ1) is 41.6. The van der Waals surface area contributed by atoms with Gasteiger partial charge in [-0.15, -0.1) is 0 Å². The Balaban J connectivity index is 1.70. The Morgan fingerprint density at radius 2 is 1.67 bits per heavy atom. The number of aromatic nitrogens is 2. The molecule has 0 aliphatic carbocycles. The number of aliphatic carboxylic acids is 1. The number of ketones is 1. The number of likely N-dealkylation sites (N-methyl/N-ethyl adjacent to an activating group) is 1. The summed E-state index contributed by atoms with van der Waals surface area (Å²) in [6, 6.07) is 6.88. The maximum atomic E-state index is 14.3. The number of hydrogen-bond acceptors (Lipinski definition) is 13. The predicted octanol–water partition coefficient (Wildman–Crippen LogP) is -1.37. The van der Waals surface area contributed by atoms with Gasteiger partial charge in [0.15, 0.2) is 5.78 Å². The van der Waals surface area contributed by atoms with Crippen LogP contribution in [0.1, 0.15) is 37.1 Å². The van der Waals surface area contributed by atoms with Crippen LogP contribution in [0.15, 0.2) is 88.4 Å². The minimum Gasteiger partial charge on any atom is -0.508 e. The highest BCUT2D eigenvalue weighted by molar-refractivity contribution is 6.00. The summed E-state index contributed by atoms with van der Waals surface area (Å²) in [6.45, 7) is 1.39. The Labute approximate surface area is 314 Å². The van der Waals surface area contributed by atoms with Gasteiger partial charge in [-0.1, -0.05) is 42.5 Å². The third-order valence-electron chi connectivity index (χ3n) is 8.89. The number of phenols is 1. The molecular formula is C36H44N8O11. The first-order valence-corrected chi connectivity index (χ1v) is 17.1. The smallest absolute Gasteiger partial charge is 0.331 e. The number of Topliss-reactive ketones (excluding diaryl/α,β-unsaturated/α-hetero) is 1. The number of nitrogens with two attached hydrogens (primary N) is 3. The first-order valence-electron chi connectivity index (χ1n) is 17.1. The highest BCUT2D eigenvalue weighted by Crippen LogP contribution is 2.31. The summed E-state index contributed by atoms with van der Waals surface area (Å²) in [4.78, 5) is 94.6. The number of aliphatic hydroxyl groups excluding tert-OH is 1. The second kappa shape index (κ2) is 18.3. The van der Waals surface area contributed by atoms with E-state index in [4.69, 9.17) is 21.9 Å². The van der Waals surface area contributed by atoms with Crippen LogP contribution in [-0.2, 0) is 36.8 Å². The normalized spacial score (nSPS) is 18.6. The Kier molecular flexibility index (Phi) is 13.8. The van der Waals surface area contributed by atoms with E-state index in [0.717, 1.165) is 27.9 Å². The third kappa shape index (κ3) is 10.7. The lowest BCUT2D eigenvalue weighted by Crippen LogP contribution is -2.61. The van der Waals surface area contributed by atoms with Crippen LogP contribution in [0.5, 0.6) is 5.75 Å². The molecular weight excluding hydrogens is 720 g/mol. The zero-order valence-corrected chi connectivity index (χ0v) is 30.0. The molecule has 0 radical (unpaired) electrons. The number of carboxylic acids is 1. The Morgan fingerprint density at radius 1 is 1.00 bits per heavy atom. The zero-order valence-electron chi connectivity index (χ0n) is 30.0. The topological polar surface area (TPSA) is 307 Å². The average Bonchev–Trinajstić information content (AvgIpc) is 3.50. The molecule has 1 aliphatic rings. The molecule has 11 N–H and O–H groups in total. The number of benzene rings is 2. The van der Waals surface area contributed by atoms with Crippen molar-refractivity contribution in [1.29, 1.82) is 0 Å². The van der Waals surface area contributed by atoms with Crippen LogP contribution >= 0.6 is 0 Å². The van der Waals surface area contributed by atoms with E-state index in [1.165, 1.54) is 26.1 Å². The number of aromatic amines is 1. The molecule has 3 aromatic rings. The fraction of sp³-hybridized carbons (Fsp3) is 0.361. The fourth-order valence-electron chi connectivity index (χ4n) is 5.85. The number of amides is 4. The quantitative estimate of drug-likeness (QED) is 0.0886. The lowest BCUT2D eigenvalue weighted by Gasteiger charge is -2.35. The van der Waals surface area contributed by atoms with E-state index in [2.05, 4.69) is 5.32 Å². The summed E-state index contributed by atoms with van der Waals surface area (Å²) in [7, 11) is 1.25. The third-order valence-corrected chi connectivity index (χ3v) is 8.89. The van der Waals surface area contributed by atoms with Gasteiger partial charge >= 0.3 is 17.7 Å². The number of carboxylic acid groups (broad SMARTS) is 1. The van der Waals surface area contributed by atoms with Gasteiger partial charge in [0.1, 0.15) is 29.7 Å². The summed E-state index contributed by atoms with van der Waals surface area (Å²) in [6.07, 6.45) is -2.10. The molecule has 4 rings (SSSR count). The van der Waals surface area contributed by atoms with Crippen molar-refractivity contribution in [2.75, 3.05) is 7.05 Å². The molecule has 2 aromatic carbocycles. The molecule has 2 heterocycles. The van der Waals surface area contributed by atoms with Gasteiger partial charge < -0.3 is 47.5 Å². The van der Waals surface area contributed by atoms with E-state index in [1.54, 1.807) is 42.5 Å². The van der Waals surface area contributed by atoms with E-state index in [-0.39, 0.29) is 30.8 Å². The molecule has 1 aromatic heterocycles. The van der Waals surface area contributed by atoms with Gasteiger partial charge in [-0.05, 0) is 36.6 Å². The van der Waals surface area contributed by atoms with E-state index in [9.17, 15) is 48.9 Å². The Hall–Kier alpha value is -6.15. The summed E-state index contributed by atoms with van der Waals surface area (Å²) in [5.74, 6) is -4.33. The van der Waals surface area contributed by atoms with Crippen molar-refractivity contribution >= 4 is 29.6 Å². The number of phenolic OH excluding ortho intramolecular Hbond substituents is 1. The highest BCUT2D eigenvalue weighted by atomic mass is 16.5. The minimum absolute atomic E-state index is 0.0491. The van der Waals surface area contributed by atoms with Crippen molar-refractivity contribution in [2.45, 2.75) is 75.1 Å². The predicted molar refractivity (Wildman–Crippen MR) is 195 cm³/mol. The number of rotatable bonds is 15. The second-order valence-corrected chi connectivity index (χ2v) is 13.1. The monoisotopic (exact) mass is 764 g/mol. The van der Waals surface area contributed by atoms with Gasteiger partial charge in [0, 0.05) is 38.6 Å². The summed E-state index contributed by atoms with van der Waals surface area (Å²) in [5, 5.41) is 32.9. The molecule has 7 atom stereocenters. The lowest BCUT2D eigenvalue weighted by molar-refractivity contribution is -0.140. The summed E-state index contributed by atoms with van der Waals surface area (Å²) >= 11 is 0. The van der Waals surface area contributed by atoms with Crippen LogP contribution in [-0.4, -0.2) is 108 Å². The fourth-order valence-corrected chi connectivity index (χ4v) is 5.85. The van der Waals surface area contributed by atoms with Gasteiger partial charge in [0.25, 0.3) is 11.5 Å². The van der Waals surface area contributed by atoms with Crippen LogP contribution < -0.4 is 33.8 Å². The molecule has 4 amide bonds. The van der Waals surface area contributed by atoms with E-state index in [1.807, 2.05) is 4.98 Å². The number of carbonyl (C=O) groups excluding carboxylic acids is 4. The lowest BCUT2D eigenvalue weighted by atomic mass is 9.96. The summed E-state index contributed by atoms with van der Waals surface area (Å²) < 4.78 is 6.61. The van der Waals surface area contributed by atoms with Gasteiger partial charge in [0.2, 0.25) is 12.1 Å². The van der Waals surface area contributed by atoms with E-state index in [0.29, 0.717) is 16.0 Å². The number of hydrogen-bond donors (Lipinski definition) is 8. The van der Waals surface area contributed by atoms with Crippen LogP contribution in [0.4, 0.5) is 4.79 Å². The minimum atomic E-state index is -1.85. The molecule has 0 bridgehead atoms. The van der Waals surface area contributed by atoms with Gasteiger partial charge in [-0.25, -0.2) is 19.3 Å². The molecule has 1 fully saturated rings. The Morgan fingerprint density at radius 3 is 2.29 bits per heavy atom. The largest absolute Gasteiger partial charge is 0.508 e. The van der Waals surface area contributed by atoms with Gasteiger partial charge in [-0.3, -0.25) is 28.7 Å². The van der Waals surface area contributed by atoms with Crippen molar-refractivity contribution in [3.05, 3.63) is 111 Å². The van der Waals surface area contributed by atoms with Crippen LogP contribution in [0.3, 0.4) is 0 Å². The van der Waals surface area contributed by atoms with Gasteiger partial charge in [-0.2, -0.15) is 0 Å². The molecule has 0 saturated carbocycles. The molecule has 0 spiro atoms. The van der Waals surface area contributed by atoms with E-state index >= 15 is 0 Å². The summed E-state index contributed by atoms with van der Waals surface area (Å²) in [5.41, 5.74) is 17.9. The molecule has 7 unspecified atom stereocenters. The number of nitrogens with one attached hydrogen (secondary N) is 2. The number of carbonyl (C=O) groups is 5. The maximum absolute atomic E-state index is 14.3. The molecule has 19 heteroatoms. The first-order chi connectivity index (χ1) is 26.0. The van der Waals surface area contributed by atoms with Crippen molar-refractivity contribution in [3.8, 4) is 5.75 Å². The molecule has 55 heavy (non-hydrogen) atoms. The molecule has 19 nitrogen and oxygen atoms in total. The number of H-pyrrole nitrogens is 1. The number of urea groups is 1. The zero-order chi connectivity index (χ0) is 40.6. The SMILES string of the molecule is CC(N)C(=O)CC(C(N)C(=O)N(C=C1CC(O)C(n2ccc(=O)[nH]c2=O)O1)C(=O)NC(Cc1ccccc1)C(=O)O)N(C)C(=O)C(N)Cc1cccc(O)c1. The van der Waals surface area contributed by atoms with Crippen LogP contribution in [0.2, 0.25) is 0 Å². The van der Waals surface area contributed by atoms with Crippen molar-refractivity contribution in [2.24, 2.45) is 17.2 Å². The highest BCUT2D eigenvalue weighted by Gasteiger charge is 2.40. The number of nitrogens with zero attached hydrogens (tertiary/aromatic N) is 3. The van der Waals surface area contributed by atoms with Crippen LogP contribution in [0, 0.1) is 0 Å². The molecule has 1 saturated heterocycles. The Bertz CT molecular complexity index is 2030.